The molecule has 2 rings (SSSR count). The fraction of sp³-hybridized carbons (Fsp3) is 0.421. The third kappa shape index (κ3) is 5.49. The van der Waals surface area contributed by atoms with E-state index in [0.29, 0.717) is 13.0 Å². The molecule has 0 aromatic heterocycles. The van der Waals surface area contributed by atoms with E-state index < -0.39 is 0 Å². The van der Waals surface area contributed by atoms with Crippen molar-refractivity contribution < 1.29 is 4.79 Å². The van der Waals surface area contributed by atoms with Gasteiger partial charge in [0.15, 0.2) is 0 Å². The monoisotopic (exact) mass is 298 g/mol. The van der Waals surface area contributed by atoms with Gasteiger partial charge in [0, 0.05) is 13.0 Å². The number of amides is 1. The lowest BCUT2D eigenvalue weighted by molar-refractivity contribution is -0.121. The van der Waals surface area contributed by atoms with Gasteiger partial charge >= 0.3 is 0 Å². The van der Waals surface area contributed by atoms with Crippen LogP contribution in [0, 0.1) is 0 Å². The van der Waals surface area contributed by atoms with E-state index >= 15 is 0 Å². The first-order chi connectivity index (χ1) is 10.8. The Morgan fingerprint density at radius 3 is 2.55 bits per heavy atom. The summed E-state index contributed by atoms with van der Waals surface area (Å²) in [5.41, 5.74) is 6.71. The first-order valence-corrected chi connectivity index (χ1v) is 8.24. The molecule has 0 bridgehead atoms. The number of benzene rings is 2. The zero-order valence-electron chi connectivity index (χ0n) is 13.2. The molecule has 0 radical (unpaired) electrons. The van der Waals surface area contributed by atoms with Crippen LogP contribution in [0.25, 0.3) is 10.8 Å². The summed E-state index contributed by atoms with van der Waals surface area (Å²) < 4.78 is 0. The second kappa shape index (κ2) is 9.21. The van der Waals surface area contributed by atoms with Crippen LogP contribution >= 0.6 is 0 Å². The Bertz CT molecular complexity index is 595. The summed E-state index contributed by atoms with van der Waals surface area (Å²) in [6.07, 6.45) is 5.74. The number of unbranched alkanes of at least 4 members (excludes halogenated alkanes) is 3. The molecule has 0 saturated carbocycles. The lowest BCUT2D eigenvalue weighted by Gasteiger charge is -2.06. The zero-order chi connectivity index (χ0) is 15.6. The maximum Gasteiger partial charge on any atom is 0.220 e. The van der Waals surface area contributed by atoms with Crippen molar-refractivity contribution in [3.63, 3.8) is 0 Å². The van der Waals surface area contributed by atoms with Crippen LogP contribution in [0.2, 0.25) is 0 Å². The Morgan fingerprint density at radius 2 is 1.73 bits per heavy atom. The van der Waals surface area contributed by atoms with Crippen LogP contribution in [0.4, 0.5) is 0 Å². The summed E-state index contributed by atoms with van der Waals surface area (Å²) in [5.74, 6) is 0.161. The van der Waals surface area contributed by atoms with E-state index in [1.807, 2.05) is 0 Å². The van der Waals surface area contributed by atoms with Gasteiger partial charge in [-0.2, -0.15) is 0 Å². The van der Waals surface area contributed by atoms with Crippen LogP contribution < -0.4 is 11.1 Å². The van der Waals surface area contributed by atoms with E-state index in [0.717, 1.165) is 38.6 Å². The van der Waals surface area contributed by atoms with Gasteiger partial charge in [0.05, 0.1) is 0 Å². The molecule has 118 valence electrons. The molecule has 3 heteroatoms. The molecule has 0 aliphatic rings. The Kier molecular flexibility index (Phi) is 6.91. The minimum absolute atomic E-state index is 0.161. The summed E-state index contributed by atoms with van der Waals surface area (Å²) in [7, 11) is 0. The van der Waals surface area contributed by atoms with Crippen LogP contribution in [0.3, 0.4) is 0 Å². The van der Waals surface area contributed by atoms with Crippen LogP contribution in [0.1, 0.15) is 37.7 Å². The normalized spacial score (nSPS) is 10.8. The molecule has 0 atom stereocenters. The number of rotatable bonds is 9. The maximum atomic E-state index is 11.7. The molecule has 2 aromatic carbocycles. The highest BCUT2D eigenvalue weighted by atomic mass is 16.1. The van der Waals surface area contributed by atoms with Gasteiger partial charge in [0.2, 0.25) is 5.91 Å². The zero-order valence-corrected chi connectivity index (χ0v) is 13.2. The van der Waals surface area contributed by atoms with E-state index in [9.17, 15) is 4.79 Å². The summed E-state index contributed by atoms with van der Waals surface area (Å²) in [6.45, 7) is 1.46. The van der Waals surface area contributed by atoms with E-state index in [1.165, 1.54) is 16.3 Å². The van der Waals surface area contributed by atoms with Gasteiger partial charge in [0.25, 0.3) is 0 Å². The Hall–Kier alpha value is -1.87. The molecular weight excluding hydrogens is 272 g/mol. The van der Waals surface area contributed by atoms with Gasteiger partial charge in [-0.3, -0.25) is 4.79 Å². The van der Waals surface area contributed by atoms with E-state index in [-0.39, 0.29) is 5.91 Å². The number of nitrogens with one attached hydrogen (secondary N) is 1. The quantitative estimate of drug-likeness (QED) is 0.697. The Labute approximate surface area is 132 Å². The van der Waals surface area contributed by atoms with Gasteiger partial charge in [-0.05, 0) is 42.1 Å². The number of carbonyl (C=O) groups excluding carboxylic acids is 1. The van der Waals surface area contributed by atoms with Crippen LogP contribution in [-0.4, -0.2) is 19.0 Å². The Morgan fingerprint density at radius 1 is 0.955 bits per heavy atom. The third-order valence-corrected chi connectivity index (χ3v) is 3.91. The molecule has 2 aromatic rings. The molecule has 0 spiro atoms. The maximum absolute atomic E-state index is 11.7. The standard InChI is InChI=1S/C19H26N2O/c20-13-6-2-1-3-9-19(22)21-14-12-16-10-11-17-7-4-5-8-18(17)15-16/h4-5,7-8,10-11,15H,1-3,6,9,12-14,20H2,(H,21,22). The number of nitrogens with two attached hydrogens (primary N) is 1. The fourth-order valence-corrected chi connectivity index (χ4v) is 2.61. The van der Waals surface area contributed by atoms with Gasteiger partial charge in [-0.15, -0.1) is 0 Å². The number of carbonyl (C=O) groups is 1. The van der Waals surface area contributed by atoms with E-state index in [2.05, 4.69) is 47.8 Å². The second-order valence-corrected chi connectivity index (χ2v) is 5.73. The molecule has 0 aliphatic heterocycles. The summed E-state index contributed by atoms with van der Waals surface area (Å²) in [5, 5.41) is 5.52. The van der Waals surface area contributed by atoms with Crippen molar-refractivity contribution in [1.29, 1.82) is 0 Å². The largest absolute Gasteiger partial charge is 0.356 e. The van der Waals surface area contributed by atoms with Crippen LogP contribution in [0.5, 0.6) is 0 Å². The molecule has 0 saturated heterocycles. The molecule has 0 aliphatic carbocycles. The SMILES string of the molecule is NCCCCCCC(=O)NCCc1ccc2ccccc2c1. The predicted octanol–water partition coefficient (Wildman–Crippen LogP) is 3.41. The van der Waals surface area contributed by atoms with E-state index in [1.54, 1.807) is 0 Å². The summed E-state index contributed by atoms with van der Waals surface area (Å²) >= 11 is 0. The highest BCUT2D eigenvalue weighted by Gasteiger charge is 2.01. The van der Waals surface area contributed by atoms with Crippen molar-refractivity contribution in [3.8, 4) is 0 Å². The van der Waals surface area contributed by atoms with Gasteiger partial charge in [-0.1, -0.05) is 55.3 Å². The van der Waals surface area contributed by atoms with Gasteiger partial charge in [0.1, 0.15) is 0 Å². The molecule has 3 N–H and O–H groups in total. The van der Waals surface area contributed by atoms with Crippen molar-refractivity contribution in [2.24, 2.45) is 5.73 Å². The number of fused-ring (bicyclic) bond motifs is 1. The van der Waals surface area contributed by atoms with Crippen LogP contribution in [-0.2, 0) is 11.2 Å². The van der Waals surface area contributed by atoms with Crippen molar-refractivity contribution in [3.05, 3.63) is 48.0 Å². The fourth-order valence-electron chi connectivity index (χ4n) is 2.61. The first kappa shape index (κ1) is 16.5. The summed E-state index contributed by atoms with van der Waals surface area (Å²) in [4.78, 5) is 11.7. The first-order valence-electron chi connectivity index (χ1n) is 8.24. The molecule has 1 amide bonds. The Balaban J connectivity index is 1.67. The van der Waals surface area contributed by atoms with Crippen molar-refractivity contribution >= 4 is 16.7 Å². The van der Waals surface area contributed by atoms with Gasteiger partial charge < -0.3 is 11.1 Å². The van der Waals surface area contributed by atoms with Crippen molar-refractivity contribution in [2.45, 2.75) is 38.5 Å². The minimum atomic E-state index is 0.161. The van der Waals surface area contributed by atoms with Crippen molar-refractivity contribution in [1.82, 2.24) is 5.32 Å². The molecule has 22 heavy (non-hydrogen) atoms. The average Bonchev–Trinajstić information content (AvgIpc) is 2.54. The lowest BCUT2D eigenvalue weighted by atomic mass is 10.1. The number of hydrogen-bond acceptors (Lipinski definition) is 2. The highest BCUT2D eigenvalue weighted by Crippen LogP contribution is 2.15. The molecular formula is C19H26N2O. The number of hydrogen-bond donors (Lipinski definition) is 2. The topological polar surface area (TPSA) is 55.1 Å². The lowest BCUT2D eigenvalue weighted by Crippen LogP contribution is -2.25. The molecule has 0 heterocycles. The van der Waals surface area contributed by atoms with Gasteiger partial charge in [-0.25, -0.2) is 0 Å². The van der Waals surface area contributed by atoms with E-state index in [4.69, 9.17) is 5.73 Å². The molecule has 0 fully saturated rings. The average molecular weight is 298 g/mol. The molecule has 3 nitrogen and oxygen atoms in total. The van der Waals surface area contributed by atoms with Crippen LogP contribution in [0.15, 0.2) is 42.5 Å². The smallest absolute Gasteiger partial charge is 0.220 e. The third-order valence-electron chi connectivity index (χ3n) is 3.91. The predicted molar refractivity (Wildman–Crippen MR) is 92.8 cm³/mol. The second-order valence-electron chi connectivity index (χ2n) is 5.73. The van der Waals surface area contributed by atoms with Crippen molar-refractivity contribution in [2.75, 3.05) is 13.1 Å². The highest BCUT2D eigenvalue weighted by molar-refractivity contribution is 5.83. The minimum Gasteiger partial charge on any atom is -0.356 e. The summed E-state index contributed by atoms with van der Waals surface area (Å²) in [6, 6.07) is 14.8. The molecule has 0 unspecified atom stereocenters.